The minimum atomic E-state index is -2.52. The highest BCUT2D eigenvalue weighted by atomic mass is 32.2. The van der Waals surface area contributed by atoms with Gasteiger partial charge in [-0.1, -0.05) is 6.58 Å². The molecule has 20 heavy (non-hydrogen) atoms. The van der Waals surface area contributed by atoms with Crippen molar-refractivity contribution in [1.29, 1.82) is 0 Å². The summed E-state index contributed by atoms with van der Waals surface area (Å²) in [5.41, 5.74) is 8.55. The van der Waals surface area contributed by atoms with Gasteiger partial charge in [-0.3, -0.25) is 0 Å². The molecule has 0 spiro atoms. The maximum atomic E-state index is 9.29. The molecule has 0 saturated heterocycles. The second kappa shape index (κ2) is 5.36. The van der Waals surface area contributed by atoms with Crippen molar-refractivity contribution in [2.45, 2.75) is 10.7 Å². The molecule has 0 saturated carbocycles. The molecule has 7 heteroatoms. The van der Waals surface area contributed by atoms with Crippen molar-refractivity contribution >= 4 is 25.3 Å². The van der Waals surface area contributed by atoms with Crippen molar-refractivity contribution in [2.75, 3.05) is 6.26 Å². The minimum absolute atomic E-state index is 0.465. The summed E-state index contributed by atoms with van der Waals surface area (Å²) in [5, 5.41) is 22.4. The molecule has 2 rings (SSSR count). The van der Waals surface area contributed by atoms with Crippen molar-refractivity contribution in [2.24, 2.45) is 5.73 Å². The van der Waals surface area contributed by atoms with Gasteiger partial charge in [0.05, 0.1) is 6.20 Å². The summed E-state index contributed by atoms with van der Waals surface area (Å²) in [6.45, 7) is 3.73. The first-order valence-electron chi connectivity index (χ1n) is 5.74. The fourth-order valence-electron chi connectivity index (χ4n) is 1.72. The van der Waals surface area contributed by atoms with Crippen LogP contribution in [0.4, 0.5) is 0 Å². The number of hydrogen-bond donors (Lipinski definition) is 3. The first kappa shape index (κ1) is 14.7. The van der Waals surface area contributed by atoms with Crippen molar-refractivity contribution in [1.82, 2.24) is 9.78 Å². The summed E-state index contributed by atoms with van der Waals surface area (Å²) in [4.78, 5) is 1.02. The molecule has 0 fully saturated rings. The van der Waals surface area contributed by atoms with Gasteiger partial charge in [-0.25, -0.2) is 4.68 Å². The van der Waals surface area contributed by atoms with Gasteiger partial charge in [-0.05, 0) is 35.6 Å². The monoisotopic (exact) mass is 287 g/mol. The Kier molecular flexibility index (Phi) is 3.94. The van der Waals surface area contributed by atoms with Crippen LogP contribution < -0.4 is 5.73 Å². The molecule has 102 valence electrons. The summed E-state index contributed by atoms with van der Waals surface area (Å²) in [6.07, 6.45) is 4.90. The van der Waals surface area contributed by atoms with Crippen LogP contribution in [0.5, 0.6) is 0 Å². The maximum Gasteiger partial charge on any atom is 0.208 e. The molecule has 0 bridgehead atoms. The molecular formula is C13H14BN3O2S. The van der Waals surface area contributed by atoms with E-state index in [2.05, 4.69) is 11.7 Å². The molecule has 1 aromatic heterocycles. The third kappa shape index (κ3) is 3.06. The van der Waals surface area contributed by atoms with Crippen molar-refractivity contribution in [3.63, 3.8) is 0 Å². The molecule has 5 nitrogen and oxygen atoms in total. The number of hydrogen-bond acceptors (Lipinski definition) is 5. The number of rotatable bonds is 4. The van der Waals surface area contributed by atoms with Crippen LogP contribution in [-0.4, -0.2) is 34.1 Å². The summed E-state index contributed by atoms with van der Waals surface area (Å²) in [5.74, 6) is -2.52. The lowest BCUT2D eigenvalue weighted by molar-refractivity contribution is -0.160. The lowest BCUT2D eigenvalue weighted by atomic mass is 10.0. The van der Waals surface area contributed by atoms with Crippen LogP contribution in [0.3, 0.4) is 0 Å². The topological polar surface area (TPSA) is 84.3 Å². The van der Waals surface area contributed by atoms with Crippen LogP contribution in [-0.2, 0) is 5.81 Å². The molecular weight excluding hydrogens is 273 g/mol. The molecule has 0 aliphatic heterocycles. The highest BCUT2D eigenvalue weighted by Gasteiger charge is 2.18. The van der Waals surface area contributed by atoms with Crippen molar-refractivity contribution < 1.29 is 10.2 Å². The highest BCUT2D eigenvalue weighted by molar-refractivity contribution is 7.98. The Labute approximate surface area is 122 Å². The van der Waals surface area contributed by atoms with Gasteiger partial charge in [-0.15, -0.1) is 11.8 Å². The van der Waals surface area contributed by atoms with E-state index in [-0.39, 0.29) is 0 Å². The Balaban J connectivity index is 2.49. The molecule has 1 heterocycles. The number of benzene rings is 1. The average Bonchev–Trinajstić information content (AvgIpc) is 2.87. The first-order chi connectivity index (χ1) is 9.31. The fourth-order valence-corrected chi connectivity index (χ4v) is 2.21. The Morgan fingerprint density at radius 2 is 2.10 bits per heavy atom. The fraction of sp³-hybridized carbons (Fsp3) is 0.154. The van der Waals surface area contributed by atoms with Crippen LogP contribution in [0.2, 0.25) is 0 Å². The largest absolute Gasteiger partial charge is 0.399 e. The zero-order valence-corrected chi connectivity index (χ0v) is 11.8. The molecule has 2 radical (unpaired) electrons. The first-order valence-corrected chi connectivity index (χ1v) is 6.96. The molecule has 0 aliphatic carbocycles. The predicted molar refractivity (Wildman–Crippen MR) is 80.8 cm³/mol. The van der Waals surface area contributed by atoms with E-state index in [0.717, 1.165) is 20.7 Å². The van der Waals surface area contributed by atoms with Gasteiger partial charge in [0.15, 0.2) is 7.85 Å². The normalized spacial score (nSPS) is 11.6. The third-order valence-electron chi connectivity index (χ3n) is 2.77. The molecule has 0 aliphatic rings. The van der Waals surface area contributed by atoms with E-state index >= 15 is 0 Å². The zero-order valence-electron chi connectivity index (χ0n) is 10.9. The standard InChI is InChI=1S/C13H14BN3O2S/c1-8(15)9-3-10(5-12(4-9)20-2)11-6-16-17(7-11)13(14,18)19/h3-7,18-19H,1,15H2,2H3. The third-order valence-corrected chi connectivity index (χ3v) is 3.47. The SMILES string of the molecule is [B]C(O)(O)n1cc(-c2cc(SC)cc(C(=C)N)c2)cn1. The number of aromatic nitrogens is 2. The van der Waals surface area contributed by atoms with E-state index < -0.39 is 5.81 Å². The summed E-state index contributed by atoms with van der Waals surface area (Å²) in [6, 6.07) is 5.74. The maximum absolute atomic E-state index is 9.29. The van der Waals surface area contributed by atoms with E-state index in [1.807, 2.05) is 24.5 Å². The van der Waals surface area contributed by atoms with Crippen LogP contribution in [0.15, 0.2) is 42.1 Å². The molecule has 4 N–H and O–H groups in total. The summed E-state index contributed by atoms with van der Waals surface area (Å²) >= 11 is 1.57. The van der Waals surface area contributed by atoms with E-state index in [4.69, 9.17) is 13.6 Å². The smallest absolute Gasteiger partial charge is 0.208 e. The van der Waals surface area contributed by atoms with Gasteiger partial charge in [0.25, 0.3) is 0 Å². The van der Waals surface area contributed by atoms with Gasteiger partial charge < -0.3 is 15.9 Å². The van der Waals surface area contributed by atoms with E-state index in [1.165, 1.54) is 12.4 Å². The number of nitrogens with zero attached hydrogens (tertiary/aromatic N) is 2. The van der Waals surface area contributed by atoms with Crippen molar-refractivity contribution in [3.05, 3.63) is 42.7 Å². The Morgan fingerprint density at radius 3 is 2.60 bits per heavy atom. The highest BCUT2D eigenvalue weighted by Crippen LogP contribution is 2.28. The molecule has 0 amide bonds. The van der Waals surface area contributed by atoms with Gasteiger partial charge in [0, 0.05) is 22.4 Å². The van der Waals surface area contributed by atoms with Gasteiger partial charge in [0.2, 0.25) is 5.81 Å². The van der Waals surface area contributed by atoms with Crippen LogP contribution >= 0.6 is 11.8 Å². The molecule has 2 aromatic rings. The zero-order chi connectivity index (χ0) is 14.9. The molecule has 0 unspecified atom stereocenters. The summed E-state index contributed by atoms with van der Waals surface area (Å²) in [7, 11) is 5.16. The Bertz CT molecular complexity index is 649. The second-order valence-electron chi connectivity index (χ2n) is 4.34. The van der Waals surface area contributed by atoms with Crippen LogP contribution in [0, 0.1) is 0 Å². The van der Waals surface area contributed by atoms with Crippen LogP contribution in [0.25, 0.3) is 16.8 Å². The van der Waals surface area contributed by atoms with Crippen LogP contribution in [0.1, 0.15) is 5.56 Å². The number of aliphatic hydroxyl groups is 2. The van der Waals surface area contributed by atoms with E-state index in [0.29, 0.717) is 11.3 Å². The molecule has 0 atom stereocenters. The van der Waals surface area contributed by atoms with Gasteiger partial charge >= 0.3 is 0 Å². The lowest BCUT2D eigenvalue weighted by Gasteiger charge is -2.16. The average molecular weight is 287 g/mol. The number of nitrogens with two attached hydrogens (primary N) is 1. The van der Waals surface area contributed by atoms with Gasteiger partial charge in [0.1, 0.15) is 0 Å². The van der Waals surface area contributed by atoms with E-state index in [9.17, 15) is 10.2 Å². The van der Waals surface area contributed by atoms with Gasteiger partial charge in [-0.2, -0.15) is 5.10 Å². The van der Waals surface area contributed by atoms with Crippen molar-refractivity contribution in [3.8, 4) is 11.1 Å². The Hall–Kier alpha value is -1.70. The number of thioether (sulfide) groups is 1. The predicted octanol–water partition coefficient (Wildman–Crippen LogP) is 0.922. The molecule has 1 aromatic carbocycles. The lowest BCUT2D eigenvalue weighted by Crippen LogP contribution is -2.33. The summed E-state index contributed by atoms with van der Waals surface area (Å²) < 4.78 is 0.866. The second-order valence-corrected chi connectivity index (χ2v) is 5.22. The quantitative estimate of drug-likeness (QED) is 0.442. The Morgan fingerprint density at radius 1 is 1.40 bits per heavy atom. The van der Waals surface area contributed by atoms with E-state index in [1.54, 1.807) is 11.8 Å². The minimum Gasteiger partial charge on any atom is -0.399 e.